The van der Waals surface area contributed by atoms with Crippen molar-refractivity contribution in [1.29, 1.82) is 0 Å². The van der Waals surface area contributed by atoms with Gasteiger partial charge in [-0.2, -0.15) is 0 Å². The van der Waals surface area contributed by atoms with Crippen molar-refractivity contribution in [3.8, 4) is 0 Å². The summed E-state index contributed by atoms with van der Waals surface area (Å²) in [6.45, 7) is 9.27. The molecule has 0 spiro atoms. The third-order valence-corrected chi connectivity index (χ3v) is 7.25. The minimum absolute atomic E-state index is 0.250. The topological polar surface area (TPSA) is 69.7 Å². The lowest BCUT2D eigenvalue weighted by Crippen LogP contribution is -2.32. The van der Waals surface area contributed by atoms with Crippen LogP contribution in [0.1, 0.15) is 67.5 Å². The summed E-state index contributed by atoms with van der Waals surface area (Å²) in [6, 6.07) is 18.2. The summed E-state index contributed by atoms with van der Waals surface area (Å²) in [6.07, 6.45) is 2.48. The number of hydrogen-bond donors (Lipinski definition) is 1. The van der Waals surface area contributed by atoms with Gasteiger partial charge in [0, 0.05) is 17.8 Å². The summed E-state index contributed by atoms with van der Waals surface area (Å²) >= 11 is 0. The maximum atomic E-state index is 13.2. The molecule has 6 nitrogen and oxygen atoms in total. The van der Waals surface area contributed by atoms with Crippen molar-refractivity contribution in [2.45, 2.75) is 40.2 Å². The van der Waals surface area contributed by atoms with Crippen molar-refractivity contribution in [2.24, 2.45) is 5.92 Å². The number of anilines is 2. The first kappa shape index (κ1) is 23.9. The largest absolute Gasteiger partial charge is 0.322 e. The van der Waals surface area contributed by atoms with Crippen LogP contribution in [0.2, 0.25) is 0 Å². The van der Waals surface area contributed by atoms with Gasteiger partial charge in [-0.15, -0.1) is 0 Å². The van der Waals surface area contributed by atoms with Crippen LogP contribution in [0.3, 0.4) is 0 Å². The predicted molar refractivity (Wildman–Crippen MR) is 142 cm³/mol. The number of piperidine rings is 1. The monoisotopic (exact) mass is 481 g/mol. The summed E-state index contributed by atoms with van der Waals surface area (Å²) in [5.41, 5.74) is 5.19. The number of likely N-dealkylation sites (tertiary alicyclic amines) is 1. The highest BCUT2D eigenvalue weighted by molar-refractivity contribution is 6.35. The first-order valence-electron chi connectivity index (χ1n) is 12.5. The molecule has 2 heterocycles. The quantitative estimate of drug-likeness (QED) is 0.483. The number of fused-ring (bicyclic) bond motifs is 1. The fourth-order valence-corrected chi connectivity index (χ4v) is 4.94. The van der Waals surface area contributed by atoms with E-state index in [1.807, 2.05) is 56.3 Å². The van der Waals surface area contributed by atoms with E-state index in [1.54, 1.807) is 12.1 Å². The van der Waals surface area contributed by atoms with Crippen molar-refractivity contribution in [3.63, 3.8) is 0 Å². The highest BCUT2D eigenvalue weighted by atomic mass is 16.2. The van der Waals surface area contributed by atoms with Crippen molar-refractivity contribution in [3.05, 3.63) is 94.0 Å². The van der Waals surface area contributed by atoms with Crippen LogP contribution >= 0.6 is 0 Å². The Bertz CT molecular complexity index is 1340. The van der Waals surface area contributed by atoms with E-state index in [1.165, 1.54) is 29.4 Å². The van der Waals surface area contributed by atoms with Gasteiger partial charge in [-0.05, 0) is 98.8 Å². The Balaban J connectivity index is 1.28. The van der Waals surface area contributed by atoms with Gasteiger partial charge in [0.25, 0.3) is 17.7 Å². The Morgan fingerprint density at radius 3 is 2.31 bits per heavy atom. The lowest BCUT2D eigenvalue weighted by atomic mass is 9.99. The van der Waals surface area contributed by atoms with Gasteiger partial charge >= 0.3 is 0 Å². The lowest BCUT2D eigenvalue weighted by molar-refractivity contribution is 0.0925. The fraction of sp³-hybridized carbons (Fsp3) is 0.300. The number of aryl methyl sites for hydroxylation is 2. The molecule has 6 heteroatoms. The molecular formula is C30H31N3O3. The van der Waals surface area contributed by atoms with Gasteiger partial charge in [-0.25, -0.2) is 4.90 Å². The van der Waals surface area contributed by atoms with Gasteiger partial charge in [0.2, 0.25) is 0 Å². The van der Waals surface area contributed by atoms with E-state index in [4.69, 9.17) is 0 Å². The van der Waals surface area contributed by atoms with E-state index in [2.05, 4.69) is 17.1 Å². The van der Waals surface area contributed by atoms with Crippen molar-refractivity contribution < 1.29 is 14.4 Å². The van der Waals surface area contributed by atoms with E-state index in [0.717, 1.165) is 36.7 Å². The molecule has 0 aromatic heterocycles. The SMILES string of the molecule is Cc1ccc(C)c(N2C(=O)c3ccc(C(=O)Nc4ccc(CN5CCC(C)CC5)cc4)cc3C2=O)c1. The first-order valence-corrected chi connectivity index (χ1v) is 12.5. The summed E-state index contributed by atoms with van der Waals surface area (Å²) in [4.78, 5) is 42.9. The number of imide groups is 1. The second kappa shape index (κ2) is 9.70. The Labute approximate surface area is 211 Å². The Hall–Kier alpha value is -3.77. The van der Waals surface area contributed by atoms with E-state index >= 15 is 0 Å². The summed E-state index contributed by atoms with van der Waals surface area (Å²) in [5, 5.41) is 2.91. The number of nitrogens with zero attached hydrogens (tertiary/aromatic N) is 2. The van der Waals surface area contributed by atoms with Crippen molar-refractivity contribution in [2.75, 3.05) is 23.3 Å². The maximum Gasteiger partial charge on any atom is 0.266 e. The van der Waals surface area contributed by atoms with Crippen molar-refractivity contribution >= 4 is 29.1 Å². The summed E-state index contributed by atoms with van der Waals surface area (Å²) in [7, 11) is 0. The predicted octanol–water partition coefficient (Wildman–Crippen LogP) is 5.59. The highest BCUT2D eigenvalue weighted by Crippen LogP contribution is 2.32. The van der Waals surface area contributed by atoms with E-state index in [9.17, 15) is 14.4 Å². The molecule has 1 saturated heterocycles. The normalized spacial score (nSPS) is 16.4. The minimum atomic E-state index is -0.408. The van der Waals surface area contributed by atoms with E-state index in [-0.39, 0.29) is 17.4 Å². The smallest absolute Gasteiger partial charge is 0.266 e. The highest BCUT2D eigenvalue weighted by Gasteiger charge is 2.37. The summed E-state index contributed by atoms with van der Waals surface area (Å²) < 4.78 is 0. The first-order chi connectivity index (χ1) is 17.3. The Morgan fingerprint density at radius 2 is 1.58 bits per heavy atom. The third kappa shape index (κ3) is 4.69. The van der Waals surface area contributed by atoms with Gasteiger partial charge < -0.3 is 5.32 Å². The molecule has 0 aliphatic carbocycles. The maximum absolute atomic E-state index is 13.2. The second-order valence-corrected chi connectivity index (χ2v) is 10.1. The molecule has 2 aliphatic heterocycles. The van der Waals surface area contributed by atoms with Crippen LogP contribution in [0.4, 0.5) is 11.4 Å². The molecule has 3 aromatic carbocycles. The van der Waals surface area contributed by atoms with Crippen molar-refractivity contribution in [1.82, 2.24) is 4.90 Å². The van der Waals surface area contributed by atoms with Gasteiger partial charge in [0.15, 0.2) is 0 Å². The average molecular weight is 482 g/mol. The van der Waals surface area contributed by atoms with Crippen LogP contribution < -0.4 is 10.2 Å². The van der Waals surface area contributed by atoms with Gasteiger partial charge in [-0.1, -0.05) is 31.2 Å². The zero-order valence-corrected chi connectivity index (χ0v) is 21.0. The number of carbonyl (C=O) groups excluding carboxylic acids is 3. The molecule has 0 bridgehead atoms. The van der Waals surface area contributed by atoms with Crippen LogP contribution in [0, 0.1) is 19.8 Å². The second-order valence-electron chi connectivity index (χ2n) is 10.1. The van der Waals surface area contributed by atoms with E-state index in [0.29, 0.717) is 22.5 Å². The standard InChI is InChI=1S/C30H31N3O3/c1-19-12-14-32(15-13-19)18-22-6-9-24(10-7-22)31-28(34)23-8-11-25-26(17-23)30(36)33(29(25)35)27-16-20(2)4-5-21(27)3/h4-11,16-17,19H,12-15,18H2,1-3H3,(H,31,34). The van der Waals surface area contributed by atoms with Gasteiger partial charge in [-0.3, -0.25) is 19.3 Å². The molecule has 1 N–H and O–H groups in total. The zero-order valence-electron chi connectivity index (χ0n) is 21.0. The van der Waals surface area contributed by atoms with Crippen LogP contribution in [0.5, 0.6) is 0 Å². The molecule has 0 unspecified atom stereocenters. The average Bonchev–Trinajstić information content (AvgIpc) is 3.12. The van der Waals surface area contributed by atoms with Crippen LogP contribution in [-0.4, -0.2) is 35.7 Å². The molecule has 0 atom stereocenters. The molecule has 1 fully saturated rings. The molecule has 5 rings (SSSR count). The minimum Gasteiger partial charge on any atom is -0.322 e. The molecule has 184 valence electrons. The number of hydrogen-bond acceptors (Lipinski definition) is 4. The molecule has 3 amide bonds. The molecule has 0 saturated carbocycles. The zero-order chi connectivity index (χ0) is 25.4. The summed E-state index contributed by atoms with van der Waals surface area (Å²) in [5.74, 6) is -0.286. The van der Waals surface area contributed by atoms with E-state index < -0.39 is 5.91 Å². The lowest BCUT2D eigenvalue weighted by Gasteiger charge is -2.30. The molecule has 0 radical (unpaired) electrons. The Kier molecular flexibility index (Phi) is 6.46. The molecule has 2 aliphatic rings. The fourth-order valence-electron chi connectivity index (χ4n) is 4.94. The molecular weight excluding hydrogens is 450 g/mol. The van der Waals surface area contributed by atoms with Gasteiger partial charge in [0.1, 0.15) is 0 Å². The van der Waals surface area contributed by atoms with Crippen LogP contribution in [-0.2, 0) is 6.54 Å². The molecule has 36 heavy (non-hydrogen) atoms. The number of nitrogens with one attached hydrogen (secondary N) is 1. The molecule has 3 aromatic rings. The van der Waals surface area contributed by atoms with Gasteiger partial charge in [0.05, 0.1) is 16.8 Å². The number of carbonyl (C=O) groups is 3. The van der Waals surface area contributed by atoms with Crippen LogP contribution in [0.15, 0.2) is 60.7 Å². The third-order valence-electron chi connectivity index (χ3n) is 7.25. The Morgan fingerprint density at radius 1 is 0.889 bits per heavy atom. The number of amides is 3. The van der Waals surface area contributed by atoms with Crippen LogP contribution in [0.25, 0.3) is 0 Å². The number of benzene rings is 3. The number of rotatable bonds is 5.